The van der Waals surface area contributed by atoms with Gasteiger partial charge in [-0.1, -0.05) is 56.3 Å². The van der Waals surface area contributed by atoms with Crippen molar-refractivity contribution in [3.63, 3.8) is 0 Å². The zero-order valence-electron chi connectivity index (χ0n) is 24.0. The molecule has 0 saturated heterocycles. The van der Waals surface area contributed by atoms with Crippen LogP contribution in [0.1, 0.15) is 44.4 Å². The molecule has 0 saturated carbocycles. The lowest BCUT2D eigenvalue weighted by atomic mass is 9.95. The van der Waals surface area contributed by atoms with Gasteiger partial charge in [-0.05, 0) is 66.8 Å². The summed E-state index contributed by atoms with van der Waals surface area (Å²) in [6, 6.07) is 20.9. The molecule has 0 aliphatic carbocycles. The zero-order valence-corrected chi connectivity index (χ0v) is 24.0. The molecule has 0 spiro atoms. The van der Waals surface area contributed by atoms with Crippen molar-refractivity contribution in [2.45, 2.75) is 45.8 Å². The third kappa shape index (κ3) is 6.15. The molecule has 8 nitrogen and oxygen atoms in total. The smallest absolute Gasteiger partial charge is 0.322 e. The van der Waals surface area contributed by atoms with E-state index in [1.807, 2.05) is 75.4 Å². The van der Waals surface area contributed by atoms with E-state index in [-0.39, 0.29) is 42.7 Å². The van der Waals surface area contributed by atoms with Crippen LogP contribution in [0.2, 0.25) is 0 Å². The van der Waals surface area contributed by atoms with Gasteiger partial charge in [0.25, 0.3) is 5.91 Å². The summed E-state index contributed by atoms with van der Waals surface area (Å²) in [5.74, 6) is 0.360. The molecule has 0 fully saturated rings. The van der Waals surface area contributed by atoms with Gasteiger partial charge in [0.15, 0.2) is 0 Å². The number of rotatable bonds is 10. The van der Waals surface area contributed by atoms with Gasteiger partial charge in [0.2, 0.25) is 5.91 Å². The lowest BCUT2D eigenvalue weighted by Gasteiger charge is -2.33. The minimum Gasteiger partial charge on any atom is -0.457 e. The van der Waals surface area contributed by atoms with Crippen LogP contribution in [-0.2, 0) is 16.1 Å². The minimum atomic E-state index is -0.765. The van der Waals surface area contributed by atoms with Crippen molar-refractivity contribution >= 4 is 17.8 Å². The van der Waals surface area contributed by atoms with Crippen molar-refractivity contribution in [3.8, 4) is 11.5 Å². The zero-order chi connectivity index (χ0) is 29.8. The molecule has 0 unspecified atom stereocenters. The van der Waals surface area contributed by atoms with E-state index in [2.05, 4.69) is 10.6 Å². The molecule has 3 aromatic carbocycles. The number of amides is 4. The summed E-state index contributed by atoms with van der Waals surface area (Å²) < 4.78 is 19.7. The number of urea groups is 1. The molecule has 2 N–H and O–H groups in total. The van der Waals surface area contributed by atoms with E-state index in [0.29, 0.717) is 46.9 Å². The van der Waals surface area contributed by atoms with E-state index in [1.165, 1.54) is 12.1 Å². The number of carbonyl (C=O) groups excluding carboxylic acids is 3. The van der Waals surface area contributed by atoms with Crippen molar-refractivity contribution < 1.29 is 23.5 Å². The summed E-state index contributed by atoms with van der Waals surface area (Å²) in [4.78, 5) is 44.0. The van der Waals surface area contributed by atoms with E-state index >= 15 is 0 Å². The molecule has 2 heterocycles. The molecular formula is C33H35FN4O4. The summed E-state index contributed by atoms with van der Waals surface area (Å²) in [7, 11) is 0. The molecule has 42 heavy (non-hydrogen) atoms. The van der Waals surface area contributed by atoms with Crippen LogP contribution in [-0.4, -0.2) is 46.8 Å². The molecule has 4 amide bonds. The van der Waals surface area contributed by atoms with Crippen LogP contribution in [0, 0.1) is 11.7 Å². The normalized spacial score (nSPS) is 17.3. The maximum atomic E-state index is 14.1. The molecule has 0 aromatic heterocycles. The van der Waals surface area contributed by atoms with Crippen LogP contribution >= 0.6 is 0 Å². The van der Waals surface area contributed by atoms with E-state index < -0.39 is 12.1 Å². The van der Waals surface area contributed by atoms with Gasteiger partial charge in [0, 0.05) is 13.1 Å². The molecule has 0 radical (unpaired) electrons. The predicted octanol–water partition coefficient (Wildman–Crippen LogP) is 5.53. The molecule has 2 aliphatic rings. The molecule has 3 aromatic rings. The Balaban J connectivity index is 1.42. The second kappa shape index (κ2) is 12.5. The number of nitrogens with one attached hydrogen (secondary N) is 2. The van der Waals surface area contributed by atoms with Crippen LogP contribution in [0.3, 0.4) is 0 Å². The molecule has 5 rings (SSSR count). The average Bonchev–Trinajstić information content (AvgIpc) is 3.31. The summed E-state index contributed by atoms with van der Waals surface area (Å²) >= 11 is 0. The van der Waals surface area contributed by atoms with Crippen LogP contribution in [0.4, 0.5) is 9.18 Å². The van der Waals surface area contributed by atoms with Gasteiger partial charge < -0.3 is 20.3 Å². The first-order chi connectivity index (χ1) is 20.2. The Labute approximate surface area is 245 Å². The van der Waals surface area contributed by atoms with Crippen molar-refractivity contribution in [2.75, 3.05) is 13.1 Å². The standard InChI is InChI=1S/C33H35FN4O4/c1-4-37-28-20-38(27(16-21(2)3)31(39)35-19-22-10-8-12-24(34)17-22)32(40)29(28)30(36-33(37)41)23-11-9-15-26(18-23)42-25-13-6-5-7-14-25/h5-15,17-18,21,27,30H,4,16,19-20H2,1-3H3,(H,35,39)(H,36,41)/t27-,30+/m0/s1. The molecular weight excluding hydrogens is 535 g/mol. The highest BCUT2D eigenvalue weighted by Gasteiger charge is 2.46. The summed E-state index contributed by atoms with van der Waals surface area (Å²) in [6.07, 6.45) is 0.430. The predicted molar refractivity (Wildman–Crippen MR) is 157 cm³/mol. The van der Waals surface area contributed by atoms with Gasteiger partial charge in [-0.2, -0.15) is 0 Å². The first kappa shape index (κ1) is 28.9. The van der Waals surface area contributed by atoms with E-state index in [4.69, 9.17) is 4.74 Å². The van der Waals surface area contributed by atoms with Crippen LogP contribution < -0.4 is 15.4 Å². The second-order valence-corrected chi connectivity index (χ2v) is 10.9. The van der Waals surface area contributed by atoms with Crippen molar-refractivity contribution in [3.05, 3.63) is 107 Å². The fraction of sp³-hybridized carbons (Fsp3) is 0.303. The Hall–Kier alpha value is -4.66. The number of ether oxygens (including phenoxy) is 1. The average molecular weight is 571 g/mol. The van der Waals surface area contributed by atoms with Gasteiger partial charge in [-0.25, -0.2) is 9.18 Å². The highest BCUT2D eigenvalue weighted by molar-refractivity contribution is 6.03. The summed E-state index contributed by atoms with van der Waals surface area (Å²) in [6.45, 7) is 6.48. The van der Waals surface area contributed by atoms with Gasteiger partial charge in [0.1, 0.15) is 23.4 Å². The molecule has 9 heteroatoms. The van der Waals surface area contributed by atoms with Gasteiger partial charge in [-0.3, -0.25) is 14.5 Å². The van der Waals surface area contributed by atoms with E-state index in [1.54, 1.807) is 21.9 Å². The van der Waals surface area contributed by atoms with Gasteiger partial charge >= 0.3 is 6.03 Å². The topological polar surface area (TPSA) is 91.0 Å². The maximum Gasteiger partial charge on any atom is 0.322 e. The summed E-state index contributed by atoms with van der Waals surface area (Å²) in [5, 5.41) is 5.89. The number of hydrogen-bond acceptors (Lipinski definition) is 4. The number of benzene rings is 3. The SMILES string of the molecule is CCN1C(=O)N[C@H](c2cccc(Oc3ccccc3)c2)C2=C1CN([C@@H](CC(C)C)C(=O)NCc1cccc(F)c1)C2=O. The highest BCUT2D eigenvalue weighted by Crippen LogP contribution is 2.38. The Morgan fingerprint density at radius 2 is 1.76 bits per heavy atom. The number of likely N-dealkylation sites (N-methyl/N-ethyl adjacent to an activating group) is 1. The van der Waals surface area contributed by atoms with Crippen molar-refractivity contribution in [2.24, 2.45) is 5.92 Å². The van der Waals surface area contributed by atoms with Crippen LogP contribution in [0.5, 0.6) is 11.5 Å². The Morgan fingerprint density at radius 1 is 1.02 bits per heavy atom. The lowest BCUT2D eigenvalue weighted by Crippen LogP contribution is -2.49. The lowest BCUT2D eigenvalue weighted by molar-refractivity contribution is -0.137. The Bertz CT molecular complexity index is 1510. The van der Waals surface area contributed by atoms with Crippen molar-refractivity contribution in [1.82, 2.24) is 20.4 Å². The van der Waals surface area contributed by atoms with Gasteiger partial charge in [0.05, 0.1) is 23.9 Å². The fourth-order valence-electron chi connectivity index (χ4n) is 5.51. The van der Waals surface area contributed by atoms with Crippen molar-refractivity contribution in [1.29, 1.82) is 0 Å². The fourth-order valence-corrected chi connectivity index (χ4v) is 5.51. The van der Waals surface area contributed by atoms with Crippen LogP contribution in [0.25, 0.3) is 0 Å². The number of para-hydroxylation sites is 1. The van der Waals surface area contributed by atoms with E-state index in [9.17, 15) is 18.8 Å². The first-order valence-corrected chi connectivity index (χ1v) is 14.2. The van der Waals surface area contributed by atoms with Gasteiger partial charge in [-0.15, -0.1) is 0 Å². The maximum absolute atomic E-state index is 14.1. The molecule has 2 aliphatic heterocycles. The third-order valence-corrected chi connectivity index (χ3v) is 7.47. The quantitative estimate of drug-likeness (QED) is 0.335. The first-order valence-electron chi connectivity index (χ1n) is 14.2. The Kier molecular flexibility index (Phi) is 8.56. The molecule has 0 bridgehead atoms. The molecule has 218 valence electrons. The number of nitrogens with zero attached hydrogens (tertiary/aromatic N) is 2. The number of hydrogen-bond donors (Lipinski definition) is 2. The number of carbonyl (C=O) groups is 3. The minimum absolute atomic E-state index is 0.116. The molecule has 2 atom stereocenters. The van der Waals surface area contributed by atoms with E-state index in [0.717, 1.165) is 0 Å². The third-order valence-electron chi connectivity index (χ3n) is 7.47. The number of halogens is 1. The largest absolute Gasteiger partial charge is 0.457 e. The van der Waals surface area contributed by atoms with Crippen LogP contribution in [0.15, 0.2) is 90.1 Å². The highest BCUT2D eigenvalue weighted by atomic mass is 19.1. The monoisotopic (exact) mass is 570 g/mol. The summed E-state index contributed by atoms with van der Waals surface area (Å²) in [5.41, 5.74) is 2.37. The second-order valence-electron chi connectivity index (χ2n) is 10.9. The Morgan fingerprint density at radius 3 is 2.48 bits per heavy atom.